The maximum Gasteiger partial charge on any atom is 0.305 e. The molecule has 0 heterocycles. The second kappa shape index (κ2) is 11.4. The molecule has 0 amide bonds. The van der Waals surface area contributed by atoms with Crippen LogP contribution in [0.1, 0.15) is 99.3 Å². The fraction of sp³-hybridized carbons (Fsp3) is 0.871. The number of rotatable bonds is 7. The Hall–Kier alpha value is -2.12. The first-order valence-electron chi connectivity index (χ1n) is 14.9. The Labute approximate surface area is 233 Å². The second-order valence-electron chi connectivity index (χ2n) is 13.4. The van der Waals surface area contributed by atoms with Gasteiger partial charge in [-0.05, 0) is 85.9 Å². The molecule has 4 fully saturated rings. The summed E-state index contributed by atoms with van der Waals surface area (Å²) in [4.78, 5) is 48.6. The van der Waals surface area contributed by atoms with Crippen molar-refractivity contribution in [2.24, 2.45) is 46.3 Å². The number of hydrogen-bond donors (Lipinski definition) is 0. The molecule has 4 aliphatic carbocycles. The molecule has 5 unspecified atom stereocenters. The van der Waals surface area contributed by atoms with E-state index in [2.05, 4.69) is 20.8 Å². The summed E-state index contributed by atoms with van der Waals surface area (Å²) >= 11 is 0. The standard InChI is InChI=1S/C31H48O8/c1-17(8-11-26(35)36-7)22-9-10-23-27-24(13-15-30(22,23)5)31(6)14-12-21(37-18(2)32)16-25(31)28(38-19(3)33)29(27)39-20(4)34/h17,21-25,27-29H,8-16H2,1-7H3/t17-,21-,22?,23?,24?,25?,27?,28-,29-,30-,31-/m1/s1. The maximum atomic E-state index is 12.5. The van der Waals surface area contributed by atoms with E-state index in [1.54, 1.807) is 0 Å². The quantitative estimate of drug-likeness (QED) is 0.314. The lowest BCUT2D eigenvalue weighted by Gasteiger charge is -2.64. The van der Waals surface area contributed by atoms with Crippen molar-refractivity contribution < 1.29 is 38.1 Å². The van der Waals surface area contributed by atoms with Crippen LogP contribution in [0, 0.1) is 46.3 Å². The van der Waals surface area contributed by atoms with Crippen LogP contribution in [0.15, 0.2) is 0 Å². The molecular formula is C31H48O8. The molecule has 0 aromatic heterocycles. The van der Waals surface area contributed by atoms with Crippen LogP contribution < -0.4 is 0 Å². The highest BCUT2D eigenvalue weighted by atomic mass is 16.6. The normalized spacial score (nSPS) is 41.7. The average Bonchev–Trinajstić information content (AvgIpc) is 3.21. The molecule has 0 aliphatic heterocycles. The first kappa shape index (κ1) is 29.9. The summed E-state index contributed by atoms with van der Waals surface area (Å²) in [6.07, 6.45) is 6.38. The summed E-state index contributed by atoms with van der Waals surface area (Å²) in [6, 6.07) is 0. The third-order valence-corrected chi connectivity index (χ3v) is 11.4. The van der Waals surface area contributed by atoms with Crippen LogP contribution in [0.4, 0.5) is 0 Å². The maximum absolute atomic E-state index is 12.5. The number of esters is 4. The molecule has 0 N–H and O–H groups in total. The summed E-state index contributed by atoms with van der Waals surface area (Å²) in [5, 5.41) is 0. The minimum Gasteiger partial charge on any atom is -0.469 e. The average molecular weight is 549 g/mol. The van der Waals surface area contributed by atoms with Gasteiger partial charge < -0.3 is 18.9 Å². The van der Waals surface area contributed by atoms with Gasteiger partial charge >= 0.3 is 23.9 Å². The number of methoxy groups -OCH3 is 1. The van der Waals surface area contributed by atoms with Gasteiger partial charge in [0.05, 0.1) is 7.11 Å². The van der Waals surface area contributed by atoms with E-state index in [-0.39, 0.29) is 52.6 Å². The zero-order valence-electron chi connectivity index (χ0n) is 24.8. The van der Waals surface area contributed by atoms with E-state index in [4.69, 9.17) is 18.9 Å². The van der Waals surface area contributed by atoms with Crippen molar-refractivity contribution in [2.45, 2.75) is 118 Å². The fourth-order valence-corrected chi connectivity index (χ4v) is 9.81. The Bertz CT molecular complexity index is 962. The molecule has 8 nitrogen and oxygen atoms in total. The minimum absolute atomic E-state index is 0.0496. The molecule has 4 aliphatic rings. The molecule has 8 heteroatoms. The summed E-state index contributed by atoms with van der Waals surface area (Å²) in [6.45, 7) is 11.3. The Kier molecular flexibility index (Phi) is 8.73. The van der Waals surface area contributed by atoms with E-state index in [0.717, 1.165) is 44.9 Å². The molecular weight excluding hydrogens is 500 g/mol. The lowest BCUT2D eigenvalue weighted by molar-refractivity contribution is -0.242. The number of fused-ring (bicyclic) bond motifs is 5. The first-order chi connectivity index (χ1) is 18.3. The van der Waals surface area contributed by atoms with Gasteiger partial charge in [0, 0.05) is 39.0 Å². The highest BCUT2D eigenvalue weighted by molar-refractivity contribution is 5.69. The van der Waals surface area contributed by atoms with E-state index in [1.165, 1.54) is 27.9 Å². The molecule has 11 atom stereocenters. The first-order valence-corrected chi connectivity index (χ1v) is 14.9. The van der Waals surface area contributed by atoms with Crippen molar-refractivity contribution in [3.63, 3.8) is 0 Å². The van der Waals surface area contributed by atoms with Crippen LogP contribution in [0.2, 0.25) is 0 Å². The molecule has 4 rings (SSSR count). The summed E-state index contributed by atoms with van der Waals surface area (Å²) in [7, 11) is 1.44. The lowest BCUT2D eigenvalue weighted by atomic mass is 9.43. The van der Waals surface area contributed by atoms with E-state index >= 15 is 0 Å². The largest absolute Gasteiger partial charge is 0.469 e. The third-order valence-electron chi connectivity index (χ3n) is 11.4. The van der Waals surface area contributed by atoms with Crippen molar-refractivity contribution >= 4 is 23.9 Å². The second-order valence-corrected chi connectivity index (χ2v) is 13.4. The van der Waals surface area contributed by atoms with Gasteiger partial charge in [0.1, 0.15) is 18.3 Å². The van der Waals surface area contributed by atoms with Gasteiger partial charge in [-0.1, -0.05) is 20.8 Å². The van der Waals surface area contributed by atoms with E-state index < -0.39 is 12.2 Å². The van der Waals surface area contributed by atoms with Gasteiger partial charge in [-0.3, -0.25) is 19.2 Å². The molecule has 0 aromatic carbocycles. The fourth-order valence-electron chi connectivity index (χ4n) is 9.81. The van der Waals surface area contributed by atoms with Crippen molar-refractivity contribution in [1.82, 2.24) is 0 Å². The highest BCUT2D eigenvalue weighted by Crippen LogP contribution is 2.69. The number of hydrogen-bond acceptors (Lipinski definition) is 8. The van der Waals surface area contributed by atoms with Crippen molar-refractivity contribution in [3.8, 4) is 0 Å². The summed E-state index contributed by atoms with van der Waals surface area (Å²) < 4.78 is 22.7. The lowest BCUT2D eigenvalue weighted by Crippen LogP contribution is -2.65. The van der Waals surface area contributed by atoms with Crippen molar-refractivity contribution in [2.75, 3.05) is 7.11 Å². The van der Waals surface area contributed by atoms with Gasteiger partial charge in [0.15, 0.2) is 0 Å². The van der Waals surface area contributed by atoms with Crippen LogP contribution in [0.3, 0.4) is 0 Å². The number of ether oxygens (including phenoxy) is 4. The monoisotopic (exact) mass is 548 g/mol. The van der Waals surface area contributed by atoms with Crippen molar-refractivity contribution in [3.05, 3.63) is 0 Å². The van der Waals surface area contributed by atoms with Gasteiger partial charge in [0.25, 0.3) is 0 Å². The van der Waals surface area contributed by atoms with Gasteiger partial charge in [-0.25, -0.2) is 0 Å². The minimum atomic E-state index is -0.575. The van der Waals surface area contributed by atoms with E-state index in [9.17, 15) is 19.2 Å². The van der Waals surface area contributed by atoms with Crippen molar-refractivity contribution in [1.29, 1.82) is 0 Å². The molecule has 0 aromatic rings. The van der Waals surface area contributed by atoms with Crippen LogP contribution >= 0.6 is 0 Å². The number of carbonyl (C=O) groups excluding carboxylic acids is 4. The Morgan fingerprint density at radius 3 is 1.97 bits per heavy atom. The van der Waals surface area contributed by atoms with Gasteiger partial charge in [-0.2, -0.15) is 0 Å². The zero-order valence-corrected chi connectivity index (χ0v) is 24.8. The third kappa shape index (κ3) is 5.58. The van der Waals surface area contributed by atoms with Crippen LogP contribution in [-0.2, 0) is 38.1 Å². The Balaban J connectivity index is 1.69. The molecule has 39 heavy (non-hydrogen) atoms. The summed E-state index contributed by atoms with van der Waals surface area (Å²) in [5.74, 6) is 0.289. The highest BCUT2D eigenvalue weighted by Gasteiger charge is 2.67. The molecule has 0 radical (unpaired) electrons. The Morgan fingerprint density at radius 2 is 1.36 bits per heavy atom. The smallest absolute Gasteiger partial charge is 0.305 e. The summed E-state index contributed by atoms with van der Waals surface area (Å²) in [5.41, 5.74) is -0.0674. The number of carbonyl (C=O) groups is 4. The predicted molar refractivity (Wildman–Crippen MR) is 143 cm³/mol. The molecule has 4 saturated carbocycles. The molecule has 0 bridgehead atoms. The molecule has 0 spiro atoms. The molecule has 220 valence electrons. The Morgan fingerprint density at radius 1 is 0.769 bits per heavy atom. The molecule has 0 saturated heterocycles. The van der Waals surface area contributed by atoms with E-state index in [1.807, 2.05) is 0 Å². The van der Waals surface area contributed by atoms with Crippen LogP contribution in [0.5, 0.6) is 0 Å². The van der Waals surface area contributed by atoms with Crippen LogP contribution in [-0.4, -0.2) is 49.3 Å². The van der Waals surface area contributed by atoms with Gasteiger partial charge in [0.2, 0.25) is 0 Å². The van der Waals surface area contributed by atoms with E-state index in [0.29, 0.717) is 36.5 Å². The zero-order chi connectivity index (χ0) is 28.7. The topological polar surface area (TPSA) is 105 Å². The predicted octanol–water partition coefficient (Wildman–Crippen LogP) is 5.25. The SMILES string of the molecule is COC(=O)CC[C@@H](C)C1CCC2C3C(CC[C@@]21C)[C@@]1(C)CC[C@@H](OC(C)=O)CC1[C@@H](OC(C)=O)[C@@H]3OC(C)=O. The van der Waals surface area contributed by atoms with Crippen LogP contribution in [0.25, 0.3) is 0 Å². The van der Waals surface area contributed by atoms with Gasteiger partial charge in [-0.15, -0.1) is 0 Å².